The van der Waals surface area contributed by atoms with Crippen molar-refractivity contribution in [2.45, 2.75) is 75.4 Å². The number of benzene rings is 1. The normalized spacial score (nSPS) is 21.8. The lowest BCUT2D eigenvalue weighted by atomic mass is 9.79. The van der Waals surface area contributed by atoms with Crippen LogP contribution in [0.25, 0.3) is 0 Å². The van der Waals surface area contributed by atoms with Gasteiger partial charge in [0.2, 0.25) is 21.8 Å². The molecule has 2 saturated heterocycles. The number of rotatable bonds is 6. The lowest BCUT2D eigenvalue weighted by Gasteiger charge is -2.53. The summed E-state index contributed by atoms with van der Waals surface area (Å²) >= 11 is 0. The number of nitrogens with zero attached hydrogens (tertiary/aromatic N) is 1. The van der Waals surface area contributed by atoms with Crippen LogP contribution in [-0.2, 0) is 24.3 Å². The van der Waals surface area contributed by atoms with Gasteiger partial charge in [-0.2, -0.15) is 4.31 Å². The molecule has 0 aromatic heterocycles. The fourth-order valence-corrected chi connectivity index (χ4v) is 7.51. The molecule has 33 heavy (non-hydrogen) atoms. The Kier molecular flexibility index (Phi) is 7.36. The fraction of sp³-hybridized carbons (Fsp3) is 0.583. The maximum Gasteiger partial charge on any atom is 0.244 e. The van der Waals surface area contributed by atoms with Crippen molar-refractivity contribution in [1.82, 2.24) is 9.62 Å². The number of carbonyl (C=O) groups excluding carboxylic acids is 2. The van der Waals surface area contributed by atoms with E-state index in [0.29, 0.717) is 44.6 Å². The molecule has 2 aliphatic rings. The summed E-state index contributed by atoms with van der Waals surface area (Å²) in [6.45, 7) is 12.1. The van der Waals surface area contributed by atoms with E-state index in [0.717, 1.165) is 0 Å². The highest BCUT2D eigenvalue weighted by Gasteiger charge is 2.51. The van der Waals surface area contributed by atoms with Crippen LogP contribution in [0.5, 0.6) is 0 Å². The molecule has 2 amide bonds. The second-order valence-electron chi connectivity index (χ2n) is 10.1. The predicted octanol–water partition coefficient (Wildman–Crippen LogP) is 3.06. The van der Waals surface area contributed by atoms with E-state index in [1.165, 1.54) is 12.1 Å². The summed E-state index contributed by atoms with van der Waals surface area (Å²) in [5.41, 5.74) is -1.04. The first-order valence-electron chi connectivity index (χ1n) is 11.3. The Labute approximate surface area is 196 Å². The lowest BCUT2D eigenvalue weighted by Crippen LogP contribution is -2.65. The molecule has 3 rings (SSSR count). The second kappa shape index (κ2) is 9.56. The molecule has 0 aliphatic carbocycles. The van der Waals surface area contributed by atoms with Gasteiger partial charge in [-0.05, 0) is 77.7 Å². The molecule has 2 heterocycles. The second-order valence-corrected chi connectivity index (χ2v) is 11.9. The van der Waals surface area contributed by atoms with Crippen molar-refractivity contribution in [1.29, 1.82) is 0 Å². The number of amides is 2. The van der Waals surface area contributed by atoms with Gasteiger partial charge < -0.3 is 15.4 Å². The van der Waals surface area contributed by atoms with E-state index < -0.39 is 21.1 Å². The molecule has 0 saturated carbocycles. The van der Waals surface area contributed by atoms with Crippen LogP contribution in [0.15, 0.2) is 41.8 Å². The number of piperidine rings is 1. The highest BCUT2D eigenvalue weighted by atomic mass is 32.2. The number of hydrogen-bond donors (Lipinski definition) is 2. The average molecular weight is 478 g/mol. The lowest BCUT2D eigenvalue weighted by molar-refractivity contribution is -0.122. The van der Waals surface area contributed by atoms with Gasteiger partial charge in [0.15, 0.2) is 0 Å². The first-order valence-corrected chi connectivity index (χ1v) is 12.8. The fourth-order valence-electron chi connectivity index (χ4n) is 5.32. The molecule has 1 aromatic rings. The summed E-state index contributed by atoms with van der Waals surface area (Å²) in [6.07, 6.45) is 3.47. The average Bonchev–Trinajstić information content (AvgIpc) is 2.72. The first-order chi connectivity index (χ1) is 15.4. The number of ether oxygens (including phenoxy) is 1. The summed E-state index contributed by atoms with van der Waals surface area (Å²) in [4.78, 5) is 24.6. The quantitative estimate of drug-likeness (QED) is 0.613. The molecule has 1 aromatic carbocycles. The molecule has 182 valence electrons. The smallest absolute Gasteiger partial charge is 0.244 e. The van der Waals surface area contributed by atoms with Crippen LogP contribution < -0.4 is 10.6 Å². The van der Waals surface area contributed by atoms with Gasteiger partial charge >= 0.3 is 0 Å². The molecular formula is C24H35N3O5S. The maximum atomic E-state index is 13.8. The summed E-state index contributed by atoms with van der Waals surface area (Å²) in [5, 5.41) is 5.79. The zero-order valence-electron chi connectivity index (χ0n) is 19.9. The standard InChI is InChI=1S/C24H35N3O5S/c1-6-21(28)25-19-15-23(2,3)27(24(4,5)16-19)33(30,31)20-9-7-8-18(14-20)26-22(29)17-10-12-32-13-11-17/h6-9,14,17,19H,1,10-13,15-16H2,2-5H3,(H,25,28)(H,26,29). The van der Waals surface area contributed by atoms with Crippen LogP contribution in [0.2, 0.25) is 0 Å². The van der Waals surface area contributed by atoms with E-state index >= 15 is 0 Å². The zero-order chi connectivity index (χ0) is 24.4. The monoisotopic (exact) mass is 477 g/mol. The summed E-state index contributed by atoms with van der Waals surface area (Å²) < 4.78 is 34.5. The Morgan fingerprint density at radius 2 is 1.73 bits per heavy atom. The molecular weight excluding hydrogens is 442 g/mol. The Balaban J connectivity index is 1.85. The van der Waals surface area contributed by atoms with Crippen LogP contribution >= 0.6 is 0 Å². The van der Waals surface area contributed by atoms with E-state index in [2.05, 4.69) is 17.2 Å². The van der Waals surface area contributed by atoms with E-state index in [1.807, 2.05) is 27.7 Å². The molecule has 8 nitrogen and oxygen atoms in total. The van der Waals surface area contributed by atoms with Gasteiger partial charge in [0, 0.05) is 41.9 Å². The predicted molar refractivity (Wildman–Crippen MR) is 127 cm³/mol. The molecule has 2 N–H and O–H groups in total. The van der Waals surface area contributed by atoms with Gasteiger partial charge in [0.25, 0.3) is 0 Å². The Hall–Kier alpha value is -2.23. The largest absolute Gasteiger partial charge is 0.381 e. The van der Waals surface area contributed by atoms with Gasteiger partial charge in [-0.15, -0.1) is 0 Å². The van der Waals surface area contributed by atoms with Crippen molar-refractivity contribution in [3.8, 4) is 0 Å². The maximum absolute atomic E-state index is 13.8. The zero-order valence-corrected chi connectivity index (χ0v) is 20.7. The van der Waals surface area contributed by atoms with Gasteiger partial charge in [-0.25, -0.2) is 8.42 Å². The number of anilines is 1. The van der Waals surface area contributed by atoms with Crippen molar-refractivity contribution < 1.29 is 22.7 Å². The number of nitrogens with one attached hydrogen (secondary N) is 2. The van der Waals surface area contributed by atoms with Crippen LogP contribution in [0, 0.1) is 5.92 Å². The highest BCUT2D eigenvalue weighted by Crippen LogP contribution is 2.42. The first kappa shape index (κ1) is 25.4. The van der Waals surface area contributed by atoms with E-state index in [4.69, 9.17) is 4.74 Å². The minimum absolute atomic E-state index is 0.118. The van der Waals surface area contributed by atoms with Crippen LogP contribution in [0.3, 0.4) is 0 Å². The molecule has 0 unspecified atom stereocenters. The van der Waals surface area contributed by atoms with Gasteiger partial charge in [0.05, 0.1) is 4.90 Å². The molecule has 0 atom stereocenters. The number of hydrogen-bond acceptors (Lipinski definition) is 5. The van der Waals surface area contributed by atoms with Crippen molar-refractivity contribution in [2.75, 3.05) is 18.5 Å². The highest BCUT2D eigenvalue weighted by molar-refractivity contribution is 7.89. The molecule has 9 heteroatoms. The van der Waals surface area contributed by atoms with Crippen molar-refractivity contribution in [2.24, 2.45) is 5.92 Å². The van der Waals surface area contributed by atoms with Crippen LogP contribution in [0.4, 0.5) is 5.69 Å². The Bertz CT molecular complexity index is 995. The van der Waals surface area contributed by atoms with Crippen LogP contribution in [0.1, 0.15) is 53.4 Å². The summed E-state index contributed by atoms with van der Waals surface area (Å²) in [7, 11) is -3.89. The van der Waals surface area contributed by atoms with Gasteiger partial charge in [-0.3, -0.25) is 9.59 Å². The van der Waals surface area contributed by atoms with E-state index in [-0.39, 0.29) is 28.7 Å². The minimum Gasteiger partial charge on any atom is -0.381 e. The molecule has 2 fully saturated rings. The van der Waals surface area contributed by atoms with E-state index in [1.54, 1.807) is 22.5 Å². The number of sulfonamides is 1. The molecule has 0 bridgehead atoms. The van der Waals surface area contributed by atoms with Gasteiger partial charge in [0.1, 0.15) is 0 Å². The third-order valence-electron chi connectivity index (χ3n) is 6.36. The van der Waals surface area contributed by atoms with Gasteiger partial charge in [-0.1, -0.05) is 12.6 Å². The third-order valence-corrected chi connectivity index (χ3v) is 8.67. The van der Waals surface area contributed by atoms with Crippen molar-refractivity contribution >= 4 is 27.5 Å². The third kappa shape index (κ3) is 5.65. The van der Waals surface area contributed by atoms with Crippen molar-refractivity contribution in [3.05, 3.63) is 36.9 Å². The van der Waals surface area contributed by atoms with Crippen LogP contribution in [-0.4, -0.2) is 54.9 Å². The summed E-state index contributed by atoms with van der Waals surface area (Å²) in [6, 6.07) is 6.24. The Morgan fingerprint density at radius 1 is 1.12 bits per heavy atom. The van der Waals surface area contributed by atoms with E-state index in [9.17, 15) is 18.0 Å². The summed E-state index contributed by atoms with van der Waals surface area (Å²) in [5.74, 6) is -0.523. The number of carbonyl (C=O) groups is 2. The molecule has 2 aliphatic heterocycles. The SMILES string of the molecule is C=CC(=O)NC1CC(C)(C)N(S(=O)(=O)c2cccc(NC(=O)C3CCOCC3)c2)C(C)(C)C1. The Morgan fingerprint density at radius 3 is 2.30 bits per heavy atom. The topological polar surface area (TPSA) is 105 Å². The molecule has 0 spiro atoms. The minimum atomic E-state index is -3.89. The van der Waals surface area contributed by atoms with Crippen molar-refractivity contribution in [3.63, 3.8) is 0 Å². The molecule has 0 radical (unpaired) electrons.